The molecule has 3 aromatic carbocycles. The molecule has 0 fully saturated rings. The molecule has 0 bridgehead atoms. The van der Waals surface area contributed by atoms with Crippen molar-refractivity contribution in [1.82, 2.24) is 9.62 Å². The fraction of sp³-hybridized carbons (Fsp3) is 0.429. The second-order valence-electron chi connectivity index (χ2n) is 9.14. The van der Waals surface area contributed by atoms with E-state index in [9.17, 15) is 8.42 Å². The molecule has 0 aliphatic heterocycles. The van der Waals surface area contributed by atoms with Crippen molar-refractivity contribution in [1.29, 1.82) is 0 Å². The van der Waals surface area contributed by atoms with Gasteiger partial charge in [0.1, 0.15) is 0 Å². The highest BCUT2D eigenvalue weighted by Crippen LogP contribution is 2.28. The summed E-state index contributed by atoms with van der Waals surface area (Å²) in [6.07, 6.45) is 6.47. The third kappa shape index (κ3) is 5.65. The molecule has 0 heterocycles. The zero-order valence-corrected chi connectivity index (χ0v) is 20.7. The smallest absolute Gasteiger partial charge is 0.240 e. The van der Waals surface area contributed by atoms with E-state index in [2.05, 4.69) is 41.7 Å². The molecular formula is C28H36N2O2S. The van der Waals surface area contributed by atoms with Gasteiger partial charge in [-0.05, 0) is 91.2 Å². The van der Waals surface area contributed by atoms with Crippen molar-refractivity contribution in [2.24, 2.45) is 0 Å². The number of benzene rings is 3. The lowest BCUT2D eigenvalue weighted by atomic mass is 9.84. The maximum absolute atomic E-state index is 12.9. The van der Waals surface area contributed by atoms with Gasteiger partial charge in [0, 0.05) is 12.6 Å². The number of aryl methyl sites for hydroxylation is 1. The lowest BCUT2D eigenvalue weighted by molar-refractivity contribution is 0.179. The Morgan fingerprint density at radius 2 is 1.70 bits per heavy atom. The van der Waals surface area contributed by atoms with E-state index in [1.54, 1.807) is 12.1 Å². The molecule has 0 saturated heterocycles. The molecule has 0 spiro atoms. The van der Waals surface area contributed by atoms with Crippen LogP contribution >= 0.6 is 0 Å². The summed E-state index contributed by atoms with van der Waals surface area (Å²) in [5, 5.41) is 1.98. The van der Waals surface area contributed by atoms with E-state index in [-0.39, 0.29) is 0 Å². The molecule has 4 nitrogen and oxygen atoms in total. The molecule has 1 N–H and O–H groups in total. The van der Waals surface area contributed by atoms with Crippen molar-refractivity contribution >= 4 is 20.8 Å². The monoisotopic (exact) mass is 464 g/mol. The summed E-state index contributed by atoms with van der Waals surface area (Å²) < 4.78 is 28.7. The average molecular weight is 465 g/mol. The standard InChI is InChI=1S/C28H36N2O2S/c1-3-18-30(19-4-2)26-14-12-23-10-7-11-24(28(23)21-26)16-17-29-33(31,32)27-15-13-22-8-5-6-9-25(22)20-27/h5-11,13,15,20,26,29H,3-4,12,14,16-19,21H2,1-2H3. The molecule has 1 aliphatic carbocycles. The van der Waals surface area contributed by atoms with E-state index in [4.69, 9.17) is 0 Å². The molecule has 1 aliphatic rings. The number of rotatable bonds is 10. The zero-order valence-electron chi connectivity index (χ0n) is 19.9. The number of nitrogens with one attached hydrogen (secondary N) is 1. The molecule has 0 radical (unpaired) electrons. The summed E-state index contributed by atoms with van der Waals surface area (Å²) in [6.45, 7) is 7.23. The topological polar surface area (TPSA) is 49.4 Å². The molecule has 4 rings (SSSR count). The van der Waals surface area contributed by atoms with Crippen molar-refractivity contribution < 1.29 is 8.42 Å². The molecule has 0 saturated carbocycles. The first-order chi connectivity index (χ1) is 16.0. The van der Waals surface area contributed by atoms with Gasteiger partial charge in [-0.2, -0.15) is 0 Å². The van der Waals surface area contributed by atoms with Gasteiger partial charge in [0.25, 0.3) is 0 Å². The van der Waals surface area contributed by atoms with E-state index in [1.165, 1.54) is 36.0 Å². The van der Waals surface area contributed by atoms with Crippen LogP contribution in [0.4, 0.5) is 0 Å². The molecule has 33 heavy (non-hydrogen) atoms. The van der Waals surface area contributed by atoms with Crippen LogP contribution in [0.25, 0.3) is 10.8 Å². The van der Waals surface area contributed by atoms with Crippen LogP contribution < -0.4 is 4.72 Å². The highest BCUT2D eigenvalue weighted by molar-refractivity contribution is 7.89. The minimum absolute atomic E-state index is 0.325. The second kappa shape index (κ2) is 10.8. The van der Waals surface area contributed by atoms with Crippen LogP contribution in [-0.2, 0) is 29.3 Å². The van der Waals surface area contributed by atoms with Crippen molar-refractivity contribution in [2.45, 2.75) is 63.3 Å². The summed E-state index contributed by atoms with van der Waals surface area (Å²) in [4.78, 5) is 2.98. The second-order valence-corrected chi connectivity index (χ2v) is 10.9. The number of hydrogen-bond acceptors (Lipinski definition) is 3. The Kier molecular flexibility index (Phi) is 7.84. The number of nitrogens with zero attached hydrogens (tertiary/aromatic N) is 1. The van der Waals surface area contributed by atoms with Gasteiger partial charge in [0.05, 0.1) is 4.90 Å². The predicted octanol–water partition coefficient (Wildman–Crippen LogP) is 5.34. The maximum atomic E-state index is 12.9. The Hall–Kier alpha value is -2.21. The highest BCUT2D eigenvalue weighted by Gasteiger charge is 2.25. The van der Waals surface area contributed by atoms with Crippen molar-refractivity contribution in [3.63, 3.8) is 0 Å². The van der Waals surface area contributed by atoms with Gasteiger partial charge in [-0.25, -0.2) is 13.1 Å². The lowest BCUT2D eigenvalue weighted by Crippen LogP contribution is -2.40. The number of hydrogen-bond donors (Lipinski definition) is 1. The Balaban J connectivity index is 1.45. The van der Waals surface area contributed by atoms with E-state index in [0.29, 0.717) is 23.9 Å². The van der Waals surface area contributed by atoms with Gasteiger partial charge in [-0.3, -0.25) is 0 Å². The zero-order chi connectivity index (χ0) is 23.3. The fourth-order valence-electron chi connectivity index (χ4n) is 5.18. The van der Waals surface area contributed by atoms with Gasteiger partial charge in [-0.1, -0.05) is 62.4 Å². The van der Waals surface area contributed by atoms with Crippen LogP contribution in [0.15, 0.2) is 65.6 Å². The summed E-state index contributed by atoms with van der Waals surface area (Å²) in [5.74, 6) is 0. The first-order valence-electron chi connectivity index (χ1n) is 12.3. The Labute approximate surface area is 199 Å². The number of sulfonamides is 1. The fourth-order valence-corrected chi connectivity index (χ4v) is 6.25. The van der Waals surface area contributed by atoms with Crippen molar-refractivity contribution in [3.8, 4) is 0 Å². The van der Waals surface area contributed by atoms with Gasteiger partial charge in [-0.15, -0.1) is 0 Å². The first kappa shape index (κ1) is 23.9. The van der Waals surface area contributed by atoms with Gasteiger partial charge in [0.2, 0.25) is 10.0 Å². The van der Waals surface area contributed by atoms with Gasteiger partial charge >= 0.3 is 0 Å². The van der Waals surface area contributed by atoms with Crippen LogP contribution in [0.1, 0.15) is 49.8 Å². The Morgan fingerprint density at radius 1 is 0.939 bits per heavy atom. The minimum atomic E-state index is -3.54. The SMILES string of the molecule is CCCN(CCC)C1CCc2cccc(CCNS(=O)(=O)c3ccc4ccccc4c3)c2C1. The van der Waals surface area contributed by atoms with Crippen LogP contribution in [0.3, 0.4) is 0 Å². The average Bonchev–Trinajstić information content (AvgIpc) is 2.83. The van der Waals surface area contributed by atoms with E-state index in [0.717, 1.165) is 36.7 Å². The molecule has 0 aromatic heterocycles. The van der Waals surface area contributed by atoms with Gasteiger partial charge in [0.15, 0.2) is 0 Å². The maximum Gasteiger partial charge on any atom is 0.240 e. The van der Waals surface area contributed by atoms with E-state index in [1.807, 2.05) is 30.3 Å². The van der Waals surface area contributed by atoms with Gasteiger partial charge < -0.3 is 4.90 Å². The first-order valence-corrected chi connectivity index (χ1v) is 13.8. The highest BCUT2D eigenvalue weighted by atomic mass is 32.2. The molecule has 176 valence electrons. The predicted molar refractivity (Wildman–Crippen MR) is 137 cm³/mol. The van der Waals surface area contributed by atoms with Crippen LogP contribution in [-0.4, -0.2) is 39.0 Å². The quantitative estimate of drug-likeness (QED) is 0.441. The molecule has 0 amide bonds. The van der Waals surface area contributed by atoms with Crippen molar-refractivity contribution in [2.75, 3.05) is 19.6 Å². The van der Waals surface area contributed by atoms with Crippen molar-refractivity contribution in [3.05, 3.63) is 77.4 Å². The normalized spacial score (nSPS) is 16.3. The molecular weight excluding hydrogens is 428 g/mol. The van der Waals surface area contributed by atoms with Crippen LogP contribution in [0.2, 0.25) is 0 Å². The number of fused-ring (bicyclic) bond motifs is 2. The Morgan fingerprint density at radius 3 is 2.45 bits per heavy atom. The summed E-state index contributed by atoms with van der Waals surface area (Å²) in [5.41, 5.74) is 4.16. The molecule has 1 unspecified atom stereocenters. The Bertz CT molecular complexity index is 1180. The lowest BCUT2D eigenvalue weighted by Gasteiger charge is -2.36. The van der Waals surface area contributed by atoms with E-state index < -0.39 is 10.0 Å². The van der Waals surface area contributed by atoms with Crippen LogP contribution in [0, 0.1) is 0 Å². The minimum Gasteiger partial charge on any atom is -0.300 e. The van der Waals surface area contributed by atoms with Crippen LogP contribution in [0.5, 0.6) is 0 Å². The molecule has 3 aromatic rings. The summed E-state index contributed by atoms with van der Waals surface area (Å²) in [7, 11) is -3.54. The van der Waals surface area contributed by atoms with E-state index >= 15 is 0 Å². The molecule has 5 heteroatoms. The largest absolute Gasteiger partial charge is 0.300 e. The summed E-state index contributed by atoms with van der Waals surface area (Å²) >= 11 is 0. The third-order valence-corrected chi connectivity index (χ3v) is 8.27. The third-order valence-electron chi connectivity index (χ3n) is 6.81. The molecule has 1 atom stereocenters. The summed E-state index contributed by atoms with van der Waals surface area (Å²) in [6, 6.07) is 20.3.